The molecule has 0 aliphatic rings. The predicted octanol–water partition coefficient (Wildman–Crippen LogP) is 2.57. The Morgan fingerprint density at radius 3 is 2.79 bits per heavy atom. The summed E-state index contributed by atoms with van der Waals surface area (Å²) in [7, 11) is 1.99. The van der Waals surface area contributed by atoms with Crippen LogP contribution in [0.2, 0.25) is 0 Å². The van der Waals surface area contributed by atoms with Crippen LogP contribution < -0.4 is 4.80 Å². The Labute approximate surface area is 114 Å². The summed E-state index contributed by atoms with van der Waals surface area (Å²) in [5, 5.41) is 8.34. The number of aryl methyl sites for hydroxylation is 1. The van der Waals surface area contributed by atoms with E-state index in [1.807, 2.05) is 41.9 Å². The monoisotopic (exact) mass is 268 g/mol. The fourth-order valence-corrected chi connectivity index (χ4v) is 2.74. The van der Waals surface area contributed by atoms with Crippen molar-refractivity contribution in [1.82, 2.24) is 9.55 Å². The molecule has 0 aliphatic heterocycles. The number of para-hydroxylation sites is 1. The van der Waals surface area contributed by atoms with Gasteiger partial charge >= 0.3 is 0 Å². The topological polar surface area (TPSA) is 42.5 Å². The summed E-state index contributed by atoms with van der Waals surface area (Å²) < 4.78 is 3.24. The summed E-state index contributed by atoms with van der Waals surface area (Å²) in [6, 6.07) is 13.9. The number of benzene rings is 1. The van der Waals surface area contributed by atoms with Gasteiger partial charge in [-0.15, -0.1) is 5.10 Å². The second-order valence-electron chi connectivity index (χ2n) is 4.01. The highest BCUT2D eigenvalue weighted by Gasteiger charge is 2.00. The van der Waals surface area contributed by atoms with E-state index in [2.05, 4.69) is 27.3 Å². The molecular weight excluding hydrogens is 256 g/mol. The van der Waals surface area contributed by atoms with Crippen LogP contribution in [0.1, 0.15) is 5.69 Å². The number of hydrogen-bond donors (Lipinski definition) is 0. The minimum Gasteiger partial charge on any atom is -0.318 e. The van der Waals surface area contributed by atoms with Gasteiger partial charge in [0.2, 0.25) is 4.80 Å². The fourth-order valence-electron chi connectivity index (χ4n) is 1.77. The van der Waals surface area contributed by atoms with Crippen molar-refractivity contribution in [2.75, 3.05) is 0 Å². The van der Waals surface area contributed by atoms with Crippen molar-refractivity contribution in [3.63, 3.8) is 0 Å². The first-order valence-electron chi connectivity index (χ1n) is 5.87. The lowest BCUT2D eigenvalue weighted by molar-refractivity contribution is 0.889. The molecule has 0 saturated carbocycles. The molecule has 2 heterocycles. The Hall–Kier alpha value is -2.27. The van der Waals surface area contributed by atoms with Crippen LogP contribution in [0.15, 0.2) is 58.9 Å². The van der Waals surface area contributed by atoms with Gasteiger partial charge in [-0.05, 0) is 24.3 Å². The van der Waals surface area contributed by atoms with Crippen LogP contribution in [0.25, 0.3) is 10.2 Å². The molecule has 0 fully saturated rings. The number of hydrogen-bond acceptors (Lipinski definition) is 4. The van der Waals surface area contributed by atoms with Crippen LogP contribution in [0.4, 0.5) is 0 Å². The molecule has 0 saturated heterocycles. The third-order valence-electron chi connectivity index (χ3n) is 2.74. The number of pyridine rings is 1. The van der Waals surface area contributed by atoms with Crippen molar-refractivity contribution in [3.05, 3.63) is 59.2 Å². The van der Waals surface area contributed by atoms with Crippen LogP contribution in [0.3, 0.4) is 0 Å². The molecule has 0 amide bonds. The van der Waals surface area contributed by atoms with Crippen molar-refractivity contribution in [3.8, 4) is 0 Å². The van der Waals surface area contributed by atoms with E-state index in [9.17, 15) is 0 Å². The van der Waals surface area contributed by atoms with Gasteiger partial charge in [0.15, 0.2) is 0 Å². The van der Waals surface area contributed by atoms with Crippen molar-refractivity contribution in [2.24, 2.45) is 17.3 Å². The lowest BCUT2D eigenvalue weighted by atomic mass is 10.3. The minimum absolute atomic E-state index is 0.801. The standard InChI is InChI=1S/C14H12N4S/c1-18-12-7-2-3-8-13(12)19-14(18)17-16-10-11-6-4-5-9-15-11/h2-10H,1H3/b16-10+,17-14-. The molecule has 3 rings (SSSR count). The van der Waals surface area contributed by atoms with E-state index in [-0.39, 0.29) is 0 Å². The largest absolute Gasteiger partial charge is 0.318 e. The first-order chi connectivity index (χ1) is 9.34. The average Bonchev–Trinajstić information content (AvgIpc) is 2.78. The second kappa shape index (κ2) is 5.16. The zero-order chi connectivity index (χ0) is 13.1. The highest BCUT2D eigenvalue weighted by Crippen LogP contribution is 2.14. The van der Waals surface area contributed by atoms with Crippen LogP contribution in [0, 0.1) is 0 Å². The van der Waals surface area contributed by atoms with Crippen LogP contribution in [-0.4, -0.2) is 15.8 Å². The molecule has 0 spiro atoms. The Morgan fingerprint density at radius 1 is 1.16 bits per heavy atom. The lowest BCUT2D eigenvalue weighted by Crippen LogP contribution is -2.08. The summed E-state index contributed by atoms with van der Waals surface area (Å²) >= 11 is 1.62. The van der Waals surface area contributed by atoms with Crippen LogP contribution >= 0.6 is 11.3 Å². The molecule has 0 aliphatic carbocycles. The summed E-state index contributed by atoms with van der Waals surface area (Å²) in [5.41, 5.74) is 1.97. The molecular formula is C14H12N4S. The smallest absolute Gasteiger partial charge is 0.211 e. The van der Waals surface area contributed by atoms with Gasteiger partial charge < -0.3 is 4.57 Å². The molecule has 19 heavy (non-hydrogen) atoms. The quantitative estimate of drug-likeness (QED) is 0.520. The average molecular weight is 268 g/mol. The zero-order valence-electron chi connectivity index (χ0n) is 10.4. The van der Waals surface area contributed by atoms with Gasteiger partial charge in [-0.25, -0.2) is 0 Å². The van der Waals surface area contributed by atoms with Gasteiger partial charge in [-0.1, -0.05) is 29.5 Å². The molecule has 0 atom stereocenters. The number of rotatable bonds is 2. The number of fused-ring (bicyclic) bond motifs is 1. The Kier molecular flexibility index (Phi) is 3.20. The lowest BCUT2D eigenvalue weighted by Gasteiger charge is -1.92. The maximum absolute atomic E-state index is 4.25. The van der Waals surface area contributed by atoms with Crippen molar-refractivity contribution in [1.29, 1.82) is 0 Å². The van der Waals surface area contributed by atoms with E-state index in [4.69, 9.17) is 0 Å². The van der Waals surface area contributed by atoms with E-state index in [1.54, 1.807) is 23.7 Å². The van der Waals surface area contributed by atoms with Crippen molar-refractivity contribution >= 4 is 27.8 Å². The maximum Gasteiger partial charge on any atom is 0.211 e. The molecule has 0 unspecified atom stereocenters. The van der Waals surface area contributed by atoms with E-state index in [1.165, 1.54) is 10.2 Å². The van der Waals surface area contributed by atoms with Gasteiger partial charge in [0.05, 0.1) is 22.1 Å². The first-order valence-corrected chi connectivity index (χ1v) is 6.69. The van der Waals surface area contributed by atoms with Gasteiger partial charge in [0.25, 0.3) is 0 Å². The van der Waals surface area contributed by atoms with Gasteiger partial charge in [0, 0.05) is 13.2 Å². The molecule has 0 radical (unpaired) electrons. The highest BCUT2D eigenvalue weighted by molar-refractivity contribution is 7.16. The molecule has 4 nitrogen and oxygen atoms in total. The molecule has 3 aromatic rings. The first kappa shape index (κ1) is 11.8. The van der Waals surface area contributed by atoms with Crippen LogP contribution in [-0.2, 0) is 7.05 Å². The van der Waals surface area contributed by atoms with E-state index in [0.717, 1.165) is 10.5 Å². The van der Waals surface area contributed by atoms with E-state index >= 15 is 0 Å². The molecule has 94 valence electrons. The van der Waals surface area contributed by atoms with E-state index < -0.39 is 0 Å². The molecule has 5 heteroatoms. The predicted molar refractivity (Wildman–Crippen MR) is 78.2 cm³/mol. The molecule has 0 N–H and O–H groups in total. The van der Waals surface area contributed by atoms with Crippen molar-refractivity contribution in [2.45, 2.75) is 0 Å². The summed E-state index contributed by atoms with van der Waals surface area (Å²) in [5.74, 6) is 0. The summed E-state index contributed by atoms with van der Waals surface area (Å²) in [6.45, 7) is 0. The SMILES string of the molecule is Cn1/c(=N/N=C/c2ccccn2)sc2ccccc21. The second-order valence-corrected chi connectivity index (χ2v) is 5.02. The third-order valence-corrected chi connectivity index (χ3v) is 3.84. The minimum atomic E-state index is 0.801. The maximum atomic E-state index is 4.25. The molecule has 0 bridgehead atoms. The van der Waals surface area contributed by atoms with Crippen molar-refractivity contribution < 1.29 is 0 Å². The van der Waals surface area contributed by atoms with Gasteiger partial charge in [-0.3, -0.25) is 4.98 Å². The summed E-state index contributed by atoms with van der Waals surface area (Å²) in [4.78, 5) is 5.03. The highest BCUT2D eigenvalue weighted by atomic mass is 32.1. The van der Waals surface area contributed by atoms with Gasteiger partial charge in [0.1, 0.15) is 0 Å². The third kappa shape index (κ3) is 2.46. The Bertz CT molecular complexity index is 784. The Balaban J connectivity index is 1.98. The van der Waals surface area contributed by atoms with E-state index in [0.29, 0.717) is 0 Å². The number of aromatic nitrogens is 2. The molecule has 1 aromatic carbocycles. The van der Waals surface area contributed by atoms with Gasteiger partial charge in [-0.2, -0.15) is 5.10 Å². The normalized spacial score (nSPS) is 12.6. The fraction of sp³-hybridized carbons (Fsp3) is 0.0714. The van der Waals surface area contributed by atoms with Crippen LogP contribution in [0.5, 0.6) is 0 Å². The molecule has 2 aromatic heterocycles. The Morgan fingerprint density at radius 2 is 2.00 bits per heavy atom. The number of thiazole rings is 1. The number of nitrogens with zero attached hydrogens (tertiary/aromatic N) is 4. The zero-order valence-corrected chi connectivity index (χ0v) is 11.2. The summed E-state index contributed by atoms with van der Waals surface area (Å²) in [6.07, 6.45) is 3.39.